The smallest absolute Gasteiger partial charge is 0.339 e. The lowest BCUT2D eigenvalue weighted by Crippen LogP contribution is -2.07. The van der Waals surface area contributed by atoms with Crippen LogP contribution in [0.25, 0.3) is 11.4 Å². The van der Waals surface area contributed by atoms with Gasteiger partial charge in [0.15, 0.2) is 6.61 Å². The van der Waals surface area contributed by atoms with Gasteiger partial charge in [-0.3, -0.25) is 0 Å². The molecule has 3 aromatic rings. The Morgan fingerprint density at radius 3 is 2.65 bits per heavy atom. The molecule has 23 heavy (non-hydrogen) atoms. The van der Waals surface area contributed by atoms with Crippen LogP contribution in [0.5, 0.6) is 0 Å². The van der Waals surface area contributed by atoms with Gasteiger partial charge >= 0.3 is 5.97 Å². The number of carbonyl (C=O) groups is 1. The van der Waals surface area contributed by atoms with Gasteiger partial charge in [0.2, 0.25) is 5.82 Å². The molecule has 0 unspecified atom stereocenters. The Bertz CT molecular complexity index is 828. The molecule has 6 heteroatoms. The fraction of sp³-hybridized carbons (Fsp3) is 0.118. The third-order valence-electron chi connectivity index (χ3n) is 3.20. The lowest BCUT2D eigenvalue weighted by Gasteiger charge is -2.03. The van der Waals surface area contributed by atoms with Crippen LogP contribution in [-0.2, 0) is 11.3 Å². The van der Waals surface area contributed by atoms with Crippen molar-refractivity contribution in [1.29, 1.82) is 0 Å². The SMILES string of the molecule is Cc1ccc(-c2noc(COC(=O)c3ccccc3I)n2)cc1. The molecule has 0 radical (unpaired) electrons. The lowest BCUT2D eigenvalue weighted by atomic mass is 10.1. The highest BCUT2D eigenvalue weighted by Gasteiger charge is 2.14. The van der Waals surface area contributed by atoms with Crippen molar-refractivity contribution in [1.82, 2.24) is 10.1 Å². The molecule has 2 aromatic carbocycles. The summed E-state index contributed by atoms with van der Waals surface area (Å²) in [5.41, 5.74) is 2.53. The zero-order chi connectivity index (χ0) is 16.2. The predicted molar refractivity (Wildman–Crippen MR) is 92.7 cm³/mol. The number of rotatable bonds is 4. The average Bonchev–Trinajstić information content (AvgIpc) is 3.03. The first-order valence-corrected chi connectivity index (χ1v) is 8.02. The lowest BCUT2D eigenvalue weighted by molar-refractivity contribution is 0.0428. The Kier molecular flexibility index (Phi) is 4.71. The molecule has 1 heterocycles. The molecule has 0 atom stereocenters. The van der Waals surface area contributed by atoms with Crippen molar-refractivity contribution in [2.45, 2.75) is 13.5 Å². The summed E-state index contributed by atoms with van der Waals surface area (Å²) < 4.78 is 11.2. The molecule has 0 aliphatic rings. The summed E-state index contributed by atoms with van der Waals surface area (Å²) in [6.45, 7) is 1.96. The second-order valence-electron chi connectivity index (χ2n) is 4.93. The van der Waals surface area contributed by atoms with E-state index in [1.54, 1.807) is 12.1 Å². The summed E-state index contributed by atoms with van der Waals surface area (Å²) in [7, 11) is 0. The molecule has 0 fully saturated rings. The van der Waals surface area contributed by atoms with E-state index in [-0.39, 0.29) is 12.5 Å². The standard InChI is InChI=1S/C17H13IN2O3/c1-11-6-8-12(9-7-11)16-19-15(23-20-16)10-22-17(21)13-4-2-3-5-14(13)18/h2-9H,10H2,1H3. The number of benzene rings is 2. The molecule has 0 saturated carbocycles. The van der Waals surface area contributed by atoms with Gasteiger partial charge in [-0.1, -0.05) is 47.1 Å². The van der Waals surface area contributed by atoms with Crippen molar-refractivity contribution in [3.8, 4) is 11.4 Å². The first-order valence-electron chi connectivity index (χ1n) is 6.95. The van der Waals surface area contributed by atoms with Crippen molar-refractivity contribution in [3.05, 3.63) is 69.1 Å². The van der Waals surface area contributed by atoms with Crippen molar-refractivity contribution >= 4 is 28.6 Å². The minimum atomic E-state index is -0.412. The average molecular weight is 420 g/mol. The largest absolute Gasteiger partial charge is 0.452 e. The first-order chi connectivity index (χ1) is 11.1. The zero-order valence-corrected chi connectivity index (χ0v) is 14.5. The number of ether oxygens (including phenoxy) is 1. The number of aromatic nitrogens is 2. The second-order valence-corrected chi connectivity index (χ2v) is 6.10. The molecule has 3 rings (SSSR count). The number of carbonyl (C=O) groups excluding carboxylic acids is 1. The molecular weight excluding hydrogens is 407 g/mol. The summed E-state index contributed by atoms with van der Waals surface area (Å²) >= 11 is 2.09. The van der Waals surface area contributed by atoms with E-state index in [0.29, 0.717) is 11.4 Å². The highest BCUT2D eigenvalue weighted by molar-refractivity contribution is 14.1. The monoisotopic (exact) mass is 420 g/mol. The molecule has 1 aromatic heterocycles. The Hall–Kier alpha value is -2.22. The van der Waals surface area contributed by atoms with Crippen LogP contribution in [0, 0.1) is 10.5 Å². The van der Waals surface area contributed by atoms with Crippen LogP contribution in [0.2, 0.25) is 0 Å². The molecule has 0 N–H and O–H groups in total. The maximum absolute atomic E-state index is 12.0. The van der Waals surface area contributed by atoms with E-state index in [2.05, 4.69) is 32.7 Å². The van der Waals surface area contributed by atoms with Gasteiger partial charge in [0.05, 0.1) is 5.56 Å². The molecule has 0 saturated heterocycles. The number of hydrogen-bond donors (Lipinski definition) is 0. The Labute approximate surface area is 146 Å². The Morgan fingerprint density at radius 1 is 1.17 bits per heavy atom. The van der Waals surface area contributed by atoms with E-state index in [0.717, 1.165) is 14.7 Å². The number of hydrogen-bond acceptors (Lipinski definition) is 5. The van der Waals surface area contributed by atoms with Crippen LogP contribution in [0.3, 0.4) is 0 Å². The second kappa shape index (κ2) is 6.91. The van der Waals surface area contributed by atoms with Crippen molar-refractivity contribution in [2.75, 3.05) is 0 Å². The van der Waals surface area contributed by atoms with Gasteiger partial charge in [-0.05, 0) is 41.6 Å². The summed E-state index contributed by atoms with van der Waals surface area (Å²) in [4.78, 5) is 16.3. The summed E-state index contributed by atoms with van der Waals surface area (Å²) in [5.74, 6) is 0.329. The van der Waals surface area contributed by atoms with E-state index in [1.165, 1.54) is 0 Å². The minimum absolute atomic E-state index is 0.0529. The van der Waals surface area contributed by atoms with Crippen LogP contribution in [0.15, 0.2) is 53.1 Å². The van der Waals surface area contributed by atoms with Gasteiger partial charge in [-0.2, -0.15) is 4.98 Å². The van der Waals surface area contributed by atoms with Crippen LogP contribution in [0.1, 0.15) is 21.8 Å². The molecule has 0 bridgehead atoms. The van der Waals surface area contributed by atoms with Gasteiger partial charge in [0.25, 0.3) is 5.89 Å². The van der Waals surface area contributed by atoms with E-state index >= 15 is 0 Å². The normalized spacial score (nSPS) is 10.5. The maximum Gasteiger partial charge on any atom is 0.339 e. The minimum Gasteiger partial charge on any atom is -0.452 e. The van der Waals surface area contributed by atoms with Crippen LogP contribution in [-0.4, -0.2) is 16.1 Å². The number of halogens is 1. The summed E-state index contributed by atoms with van der Waals surface area (Å²) in [6.07, 6.45) is 0. The van der Waals surface area contributed by atoms with Crippen molar-refractivity contribution in [2.24, 2.45) is 0 Å². The van der Waals surface area contributed by atoms with Crippen LogP contribution >= 0.6 is 22.6 Å². The number of esters is 1. The third-order valence-corrected chi connectivity index (χ3v) is 4.14. The highest BCUT2D eigenvalue weighted by Crippen LogP contribution is 2.17. The van der Waals surface area contributed by atoms with Crippen LogP contribution < -0.4 is 0 Å². The highest BCUT2D eigenvalue weighted by atomic mass is 127. The molecule has 0 amide bonds. The summed E-state index contributed by atoms with van der Waals surface area (Å²) in [6, 6.07) is 15.0. The predicted octanol–water partition coefficient (Wildman–Crippen LogP) is 4.01. The van der Waals surface area contributed by atoms with Gasteiger partial charge in [0.1, 0.15) is 0 Å². The Morgan fingerprint density at radius 2 is 1.91 bits per heavy atom. The first kappa shape index (κ1) is 15.7. The van der Waals surface area contributed by atoms with E-state index in [1.807, 2.05) is 43.3 Å². The topological polar surface area (TPSA) is 65.2 Å². The Balaban J connectivity index is 1.67. The van der Waals surface area contributed by atoms with Crippen LogP contribution in [0.4, 0.5) is 0 Å². The van der Waals surface area contributed by atoms with Crippen molar-refractivity contribution < 1.29 is 14.1 Å². The van der Waals surface area contributed by atoms with Gasteiger partial charge in [-0.25, -0.2) is 4.79 Å². The molecule has 116 valence electrons. The third kappa shape index (κ3) is 3.76. The van der Waals surface area contributed by atoms with Gasteiger partial charge < -0.3 is 9.26 Å². The quantitative estimate of drug-likeness (QED) is 0.472. The molecule has 0 aliphatic carbocycles. The van der Waals surface area contributed by atoms with Crippen molar-refractivity contribution in [3.63, 3.8) is 0 Å². The fourth-order valence-electron chi connectivity index (χ4n) is 1.97. The molecular formula is C17H13IN2O3. The number of nitrogens with zero attached hydrogens (tertiary/aromatic N) is 2. The van der Waals surface area contributed by atoms with E-state index in [4.69, 9.17) is 9.26 Å². The number of aryl methyl sites for hydroxylation is 1. The van der Waals surface area contributed by atoms with Gasteiger partial charge in [0, 0.05) is 9.13 Å². The van der Waals surface area contributed by atoms with Gasteiger partial charge in [-0.15, -0.1) is 0 Å². The molecule has 0 spiro atoms. The van der Waals surface area contributed by atoms with E-state index in [9.17, 15) is 4.79 Å². The summed E-state index contributed by atoms with van der Waals surface area (Å²) in [5, 5.41) is 3.91. The van der Waals surface area contributed by atoms with E-state index < -0.39 is 5.97 Å². The fourth-order valence-corrected chi connectivity index (χ4v) is 2.57. The zero-order valence-electron chi connectivity index (χ0n) is 12.3. The molecule has 5 nitrogen and oxygen atoms in total. The molecule has 0 aliphatic heterocycles. The maximum atomic E-state index is 12.0.